The van der Waals surface area contributed by atoms with Crippen LogP contribution in [-0.4, -0.2) is 31.3 Å². The predicted molar refractivity (Wildman–Crippen MR) is 83.2 cm³/mol. The minimum Gasteiger partial charge on any atom is -0.497 e. The van der Waals surface area contributed by atoms with Gasteiger partial charge in [0, 0.05) is 10.5 Å². The molecule has 0 aliphatic carbocycles. The number of ether oxygens (including phenoxy) is 3. The molecule has 0 saturated heterocycles. The molecule has 0 radical (unpaired) electrons. The van der Waals surface area contributed by atoms with Crippen LogP contribution in [0, 0.1) is 0 Å². The zero-order valence-corrected chi connectivity index (χ0v) is 13.6. The molecule has 2 aromatic rings. The molecule has 0 atom stereocenters. The van der Waals surface area contributed by atoms with Gasteiger partial charge in [0.05, 0.1) is 39.1 Å². The highest BCUT2D eigenvalue weighted by Gasteiger charge is 2.13. The van der Waals surface area contributed by atoms with E-state index in [1.165, 1.54) is 6.33 Å². The average molecular weight is 354 g/mol. The number of nitrogens with one attached hydrogen (secondary N) is 1. The van der Waals surface area contributed by atoms with Crippen LogP contribution in [0.2, 0.25) is 0 Å². The van der Waals surface area contributed by atoms with Gasteiger partial charge in [-0.25, -0.2) is 9.97 Å². The summed E-state index contributed by atoms with van der Waals surface area (Å²) in [7, 11) is 4.75. The molecule has 0 aliphatic rings. The Kier molecular flexibility index (Phi) is 5.21. The van der Waals surface area contributed by atoms with E-state index < -0.39 is 0 Å². The smallest absolute Gasteiger partial charge is 0.225 e. The molecule has 112 valence electrons. The maximum Gasteiger partial charge on any atom is 0.225 e. The van der Waals surface area contributed by atoms with Gasteiger partial charge in [-0.1, -0.05) is 0 Å². The van der Waals surface area contributed by atoms with Gasteiger partial charge >= 0.3 is 0 Å². The van der Waals surface area contributed by atoms with Gasteiger partial charge in [0.1, 0.15) is 12.1 Å². The molecule has 1 aromatic heterocycles. The van der Waals surface area contributed by atoms with E-state index in [9.17, 15) is 0 Å². The Morgan fingerprint density at radius 2 is 1.71 bits per heavy atom. The lowest BCUT2D eigenvalue weighted by atomic mass is 10.2. The standard InChI is InChI=1S/C14H16BrN3O3/c1-19-9-4-5-11(15)12(6-9)16-7-10-13(20-2)17-8-18-14(10)21-3/h4-6,8,16H,7H2,1-3H3. The number of rotatable bonds is 6. The average Bonchev–Trinajstić information content (AvgIpc) is 2.53. The lowest BCUT2D eigenvalue weighted by Gasteiger charge is -2.14. The number of benzene rings is 1. The Bertz CT molecular complexity index is 600. The van der Waals surface area contributed by atoms with Crippen LogP contribution in [0.1, 0.15) is 5.56 Å². The summed E-state index contributed by atoms with van der Waals surface area (Å²) in [5, 5.41) is 3.29. The first-order valence-corrected chi connectivity index (χ1v) is 6.98. The first-order chi connectivity index (χ1) is 10.2. The van der Waals surface area contributed by atoms with Crippen LogP contribution in [0.5, 0.6) is 17.5 Å². The highest BCUT2D eigenvalue weighted by Crippen LogP contribution is 2.29. The van der Waals surface area contributed by atoms with Crippen molar-refractivity contribution >= 4 is 21.6 Å². The van der Waals surface area contributed by atoms with Gasteiger partial charge in [-0.3, -0.25) is 0 Å². The van der Waals surface area contributed by atoms with Gasteiger partial charge in [-0.05, 0) is 28.1 Å². The summed E-state index contributed by atoms with van der Waals surface area (Å²) >= 11 is 3.49. The fourth-order valence-corrected chi connectivity index (χ4v) is 2.22. The molecule has 0 bridgehead atoms. The second kappa shape index (κ2) is 7.12. The summed E-state index contributed by atoms with van der Waals surface area (Å²) in [5.74, 6) is 1.73. The predicted octanol–water partition coefficient (Wildman–Crippen LogP) is 2.88. The minimum absolute atomic E-state index is 0.457. The van der Waals surface area contributed by atoms with Crippen molar-refractivity contribution in [2.45, 2.75) is 6.54 Å². The first kappa shape index (κ1) is 15.4. The second-order valence-corrected chi connectivity index (χ2v) is 4.92. The molecule has 1 heterocycles. The van der Waals surface area contributed by atoms with Crippen molar-refractivity contribution in [2.24, 2.45) is 0 Å². The Balaban J connectivity index is 2.24. The van der Waals surface area contributed by atoms with Gasteiger partial charge in [0.15, 0.2) is 0 Å². The van der Waals surface area contributed by atoms with Crippen molar-refractivity contribution in [2.75, 3.05) is 26.6 Å². The van der Waals surface area contributed by atoms with E-state index >= 15 is 0 Å². The van der Waals surface area contributed by atoms with Crippen molar-refractivity contribution in [3.05, 3.63) is 34.6 Å². The molecule has 0 spiro atoms. The number of methoxy groups -OCH3 is 3. The zero-order chi connectivity index (χ0) is 15.2. The molecule has 1 aromatic carbocycles. The van der Waals surface area contributed by atoms with Crippen molar-refractivity contribution < 1.29 is 14.2 Å². The topological polar surface area (TPSA) is 65.5 Å². The Morgan fingerprint density at radius 1 is 1.05 bits per heavy atom. The van der Waals surface area contributed by atoms with Crippen LogP contribution in [0.3, 0.4) is 0 Å². The van der Waals surface area contributed by atoms with E-state index in [-0.39, 0.29) is 0 Å². The summed E-state index contributed by atoms with van der Waals surface area (Å²) < 4.78 is 16.6. The number of aromatic nitrogens is 2. The monoisotopic (exact) mass is 353 g/mol. The molecule has 0 unspecified atom stereocenters. The lowest BCUT2D eigenvalue weighted by molar-refractivity contribution is 0.363. The molecule has 0 amide bonds. The minimum atomic E-state index is 0.457. The van der Waals surface area contributed by atoms with Gasteiger partial charge in [-0.15, -0.1) is 0 Å². The molecule has 0 fully saturated rings. The SMILES string of the molecule is COc1ccc(Br)c(NCc2c(OC)ncnc2OC)c1. The van der Waals surface area contributed by atoms with Crippen molar-refractivity contribution in [3.63, 3.8) is 0 Å². The highest BCUT2D eigenvalue weighted by atomic mass is 79.9. The molecule has 2 rings (SSSR count). The van der Waals surface area contributed by atoms with Crippen molar-refractivity contribution in [3.8, 4) is 17.5 Å². The maximum atomic E-state index is 5.24. The Hall–Kier alpha value is -2.02. The number of nitrogens with zero attached hydrogens (tertiary/aromatic N) is 2. The molecule has 6 nitrogen and oxygen atoms in total. The van der Waals surface area contributed by atoms with Crippen LogP contribution >= 0.6 is 15.9 Å². The summed E-state index contributed by atoms with van der Waals surface area (Å²) in [4.78, 5) is 8.17. The summed E-state index contributed by atoms with van der Waals surface area (Å²) in [6.07, 6.45) is 1.41. The first-order valence-electron chi connectivity index (χ1n) is 6.18. The third-order valence-electron chi connectivity index (χ3n) is 2.88. The molecule has 0 aliphatic heterocycles. The van der Waals surface area contributed by atoms with Gasteiger partial charge in [-0.2, -0.15) is 0 Å². The quantitative estimate of drug-likeness (QED) is 0.861. The largest absolute Gasteiger partial charge is 0.497 e. The second-order valence-electron chi connectivity index (χ2n) is 4.07. The van der Waals surface area contributed by atoms with Gasteiger partial charge < -0.3 is 19.5 Å². The molecule has 0 saturated carbocycles. The molecule has 1 N–H and O–H groups in total. The third-order valence-corrected chi connectivity index (χ3v) is 3.57. The normalized spacial score (nSPS) is 10.1. The summed E-state index contributed by atoms with van der Waals surface area (Å²) in [6, 6.07) is 5.69. The summed E-state index contributed by atoms with van der Waals surface area (Å²) in [5.41, 5.74) is 1.64. The maximum absolute atomic E-state index is 5.24. The lowest BCUT2D eigenvalue weighted by Crippen LogP contribution is -2.07. The number of halogens is 1. The van der Waals surface area contributed by atoms with Crippen LogP contribution < -0.4 is 19.5 Å². The third kappa shape index (κ3) is 3.55. The van der Waals surface area contributed by atoms with Crippen LogP contribution in [0.15, 0.2) is 29.0 Å². The van der Waals surface area contributed by atoms with Crippen molar-refractivity contribution in [1.82, 2.24) is 9.97 Å². The zero-order valence-electron chi connectivity index (χ0n) is 12.0. The van der Waals surface area contributed by atoms with Gasteiger partial charge in [0.25, 0.3) is 0 Å². The molecule has 21 heavy (non-hydrogen) atoms. The van der Waals surface area contributed by atoms with Crippen molar-refractivity contribution in [1.29, 1.82) is 0 Å². The van der Waals surface area contributed by atoms with Gasteiger partial charge in [0.2, 0.25) is 11.8 Å². The fraction of sp³-hybridized carbons (Fsp3) is 0.286. The number of hydrogen-bond donors (Lipinski definition) is 1. The number of hydrogen-bond acceptors (Lipinski definition) is 6. The Morgan fingerprint density at radius 3 is 2.29 bits per heavy atom. The van der Waals surface area contributed by atoms with Crippen LogP contribution in [0.25, 0.3) is 0 Å². The molecular formula is C14H16BrN3O3. The summed E-state index contributed by atoms with van der Waals surface area (Å²) in [6.45, 7) is 0.457. The Labute approximate surface area is 131 Å². The van der Waals surface area contributed by atoms with E-state index in [2.05, 4.69) is 31.2 Å². The highest BCUT2D eigenvalue weighted by molar-refractivity contribution is 9.10. The van der Waals surface area contributed by atoms with E-state index in [4.69, 9.17) is 14.2 Å². The van der Waals surface area contributed by atoms with Crippen LogP contribution in [0.4, 0.5) is 5.69 Å². The van der Waals surface area contributed by atoms with Crippen LogP contribution in [-0.2, 0) is 6.54 Å². The number of anilines is 1. The molecule has 7 heteroatoms. The van der Waals surface area contributed by atoms with E-state index in [0.717, 1.165) is 21.5 Å². The van der Waals surface area contributed by atoms with E-state index in [1.54, 1.807) is 21.3 Å². The van der Waals surface area contributed by atoms with E-state index in [0.29, 0.717) is 18.3 Å². The van der Waals surface area contributed by atoms with E-state index in [1.807, 2.05) is 18.2 Å². The molecular weight excluding hydrogens is 338 g/mol. The fourth-order valence-electron chi connectivity index (χ4n) is 1.83.